The van der Waals surface area contributed by atoms with Gasteiger partial charge in [-0.05, 0) is 85.8 Å². The summed E-state index contributed by atoms with van der Waals surface area (Å²) in [6.45, 7) is 6.88. The monoisotopic (exact) mass is 646 g/mol. The second kappa shape index (κ2) is 14.0. The first-order valence-electron chi connectivity index (χ1n) is 17.9. The fraction of sp³-hybridized carbons (Fsp3) is 0.450. The zero-order valence-corrected chi connectivity index (χ0v) is 28.2. The molecule has 2 N–H and O–H groups in total. The Kier molecular flexibility index (Phi) is 9.59. The third-order valence-electron chi connectivity index (χ3n) is 11.3. The zero-order valence-electron chi connectivity index (χ0n) is 28.2. The molecule has 48 heavy (non-hydrogen) atoms. The minimum absolute atomic E-state index is 0.0169. The number of fused-ring (bicyclic) bond motifs is 4. The summed E-state index contributed by atoms with van der Waals surface area (Å²) in [6.07, 6.45) is 7.89. The molecule has 0 unspecified atom stereocenters. The third kappa shape index (κ3) is 6.38. The van der Waals surface area contributed by atoms with Crippen molar-refractivity contribution >= 4 is 35.8 Å². The molecule has 8 heteroatoms. The molecule has 7 nitrogen and oxygen atoms in total. The summed E-state index contributed by atoms with van der Waals surface area (Å²) >= 11 is 0. The Morgan fingerprint density at radius 2 is 1.67 bits per heavy atom. The number of rotatable bonds is 9. The first kappa shape index (κ1) is 32.8. The average molecular weight is 647 g/mol. The number of aromatic hydroxyl groups is 1. The van der Waals surface area contributed by atoms with E-state index >= 15 is 0 Å². The Labute approximate surface area is 284 Å². The number of amides is 2. The number of phenolic OH excluding ortho intramolecular Hbond substituents is 1. The van der Waals surface area contributed by atoms with E-state index in [1.807, 2.05) is 36.4 Å². The molecule has 3 fully saturated rings. The summed E-state index contributed by atoms with van der Waals surface area (Å²) in [5.74, 6) is -0.736. The Morgan fingerprint density at radius 1 is 0.938 bits per heavy atom. The maximum atomic E-state index is 14.2. The number of benzene rings is 3. The molecule has 4 aliphatic rings. The molecule has 3 aromatic rings. The minimum Gasteiger partial charge on any atom is -0.507 e. The van der Waals surface area contributed by atoms with Crippen molar-refractivity contribution in [1.29, 1.82) is 0 Å². The summed E-state index contributed by atoms with van der Waals surface area (Å²) in [6, 6.07) is 22.0. The van der Waals surface area contributed by atoms with Crippen molar-refractivity contribution in [2.75, 3.05) is 13.1 Å². The van der Waals surface area contributed by atoms with Gasteiger partial charge < -0.3 is 14.8 Å². The predicted molar refractivity (Wildman–Crippen MR) is 190 cm³/mol. The number of likely N-dealkylation sites (tertiary alicyclic amines) is 2. The number of carbonyl (C=O) groups is 2. The molecular weight excluding hydrogens is 599 g/mol. The van der Waals surface area contributed by atoms with Gasteiger partial charge in [-0.15, -0.1) is 0 Å². The molecule has 3 aliphatic heterocycles. The topological polar surface area (TPSA) is 90.3 Å². The van der Waals surface area contributed by atoms with E-state index in [1.165, 1.54) is 11.1 Å². The van der Waals surface area contributed by atoms with E-state index < -0.39 is 13.0 Å². The van der Waals surface area contributed by atoms with E-state index in [2.05, 4.69) is 49.1 Å². The Hall–Kier alpha value is -3.72. The van der Waals surface area contributed by atoms with E-state index in [0.717, 1.165) is 79.2 Å². The van der Waals surface area contributed by atoms with Crippen LogP contribution in [0.2, 0.25) is 6.32 Å². The minimum atomic E-state index is -0.965. The molecule has 0 aromatic heterocycles. The first-order chi connectivity index (χ1) is 23.3. The maximum Gasteiger partial charge on any atom is 0.455 e. The van der Waals surface area contributed by atoms with E-state index in [4.69, 9.17) is 4.65 Å². The quantitative estimate of drug-likeness (QED) is 0.148. The van der Waals surface area contributed by atoms with Crippen molar-refractivity contribution in [3.8, 4) is 5.75 Å². The lowest BCUT2D eigenvalue weighted by Gasteiger charge is -2.42. The zero-order chi connectivity index (χ0) is 33.4. The normalized spacial score (nSPS) is 25.6. The highest BCUT2D eigenvalue weighted by atomic mass is 16.5. The van der Waals surface area contributed by atoms with E-state index in [0.29, 0.717) is 19.2 Å². The van der Waals surface area contributed by atoms with Gasteiger partial charge in [0.2, 0.25) is 11.8 Å². The Morgan fingerprint density at radius 3 is 2.42 bits per heavy atom. The molecule has 7 rings (SSSR count). The van der Waals surface area contributed by atoms with Crippen LogP contribution >= 0.6 is 0 Å². The van der Waals surface area contributed by atoms with Crippen LogP contribution in [0.25, 0.3) is 16.8 Å². The lowest BCUT2D eigenvalue weighted by molar-refractivity contribution is -0.144. The van der Waals surface area contributed by atoms with Crippen molar-refractivity contribution in [1.82, 2.24) is 9.80 Å². The van der Waals surface area contributed by atoms with Gasteiger partial charge in [-0.2, -0.15) is 0 Å². The van der Waals surface area contributed by atoms with Crippen molar-refractivity contribution < 1.29 is 24.4 Å². The van der Waals surface area contributed by atoms with Crippen LogP contribution < -0.4 is 0 Å². The molecule has 3 aromatic carbocycles. The van der Waals surface area contributed by atoms with E-state index in [9.17, 15) is 19.7 Å². The van der Waals surface area contributed by atoms with Crippen LogP contribution in [0, 0.1) is 17.8 Å². The number of carbonyl (C=O) groups excluding carboxylic acids is 2. The summed E-state index contributed by atoms with van der Waals surface area (Å²) < 4.78 is 6.23. The first-order valence-corrected chi connectivity index (χ1v) is 17.9. The van der Waals surface area contributed by atoms with Gasteiger partial charge >= 0.3 is 7.12 Å². The van der Waals surface area contributed by atoms with Gasteiger partial charge in [-0.1, -0.05) is 91.2 Å². The van der Waals surface area contributed by atoms with Gasteiger partial charge in [-0.25, -0.2) is 0 Å². The second-order valence-electron chi connectivity index (χ2n) is 14.3. The number of allylic oxidation sites excluding steroid dienone is 2. The molecule has 0 bridgehead atoms. The van der Waals surface area contributed by atoms with Crippen LogP contribution in [0.3, 0.4) is 0 Å². The molecule has 3 heterocycles. The highest BCUT2D eigenvalue weighted by Gasteiger charge is 2.58. The molecule has 250 valence electrons. The SMILES string of the molecule is CCC/C(=C\c1ccc(O)c2ccccc12)CC[C@H]1OB(O)C[C@H]2C1=C(C)C[C@H]1C(=O)N(C3CCN(Cc4ccccc4)CC3)C(=O)[C@H]12. The van der Waals surface area contributed by atoms with Gasteiger partial charge in [0.05, 0.1) is 17.9 Å². The van der Waals surface area contributed by atoms with Crippen LogP contribution in [0.1, 0.15) is 69.9 Å². The summed E-state index contributed by atoms with van der Waals surface area (Å²) in [4.78, 5) is 32.2. The number of hydrogen-bond acceptors (Lipinski definition) is 6. The van der Waals surface area contributed by atoms with Crippen LogP contribution in [-0.2, 0) is 20.8 Å². The lowest BCUT2D eigenvalue weighted by atomic mass is 9.58. The van der Waals surface area contributed by atoms with Crippen LogP contribution in [-0.4, -0.2) is 64.1 Å². The maximum absolute atomic E-state index is 14.2. The number of hydrogen-bond donors (Lipinski definition) is 2. The van der Waals surface area contributed by atoms with Gasteiger partial charge in [0.1, 0.15) is 5.75 Å². The van der Waals surface area contributed by atoms with Crippen molar-refractivity contribution in [3.05, 3.63) is 94.6 Å². The van der Waals surface area contributed by atoms with E-state index in [1.54, 1.807) is 11.0 Å². The summed E-state index contributed by atoms with van der Waals surface area (Å²) in [5, 5.41) is 23.2. The Balaban J connectivity index is 1.06. The molecule has 0 spiro atoms. The van der Waals surface area contributed by atoms with Gasteiger partial charge in [0, 0.05) is 31.1 Å². The van der Waals surface area contributed by atoms with Crippen molar-refractivity contribution in [2.45, 2.75) is 83.8 Å². The molecule has 1 aliphatic carbocycles. The van der Waals surface area contributed by atoms with Gasteiger partial charge in [0.25, 0.3) is 0 Å². The molecule has 2 amide bonds. The fourth-order valence-corrected chi connectivity index (χ4v) is 9.04. The molecule has 4 atom stereocenters. The number of imide groups is 1. The van der Waals surface area contributed by atoms with E-state index in [-0.39, 0.29) is 41.5 Å². The molecule has 0 radical (unpaired) electrons. The van der Waals surface area contributed by atoms with Gasteiger partial charge in [-0.3, -0.25) is 19.4 Å². The smallest absolute Gasteiger partial charge is 0.455 e. The second-order valence-corrected chi connectivity index (χ2v) is 14.3. The number of phenols is 1. The van der Waals surface area contributed by atoms with Crippen LogP contribution in [0.15, 0.2) is 83.4 Å². The number of nitrogens with zero attached hydrogens (tertiary/aromatic N) is 2. The molecule has 0 saturated carbocycles. The van der Waals surface area contributed by atoms with Crippen molar-refractivity contribution in [2.24, 2.45) is 17.8 Å². The molecule has 3 saturated heterocycles. The summed E-state index contributed by atoms with van der Waals surface area (Å²) in [5.41, 5.74) is 5.92. The highest BCUT2D eigenvalue weighted by molar-refractivity contribution is 6.43. The summed E-state index contributed by atoms with van der Waals surface area (Å²) in [7, 11) is -0.965. The predicted octanol–water partition coefficient (Wildman–Crippen LogP) is 6.99. The van der Waals surface area contributed by atoms with Crippen LogP contribution in [0.5, 0.6) is 5.75 Å². The standard InChI is InChI=1S/C40H47BN2O5/c1-3-9-27(23-29-15-16-35(44)32-13-8-7-12-31(29)32)14-17-36-37-26(2)22-33-38(34(37)24-41(47)48-36)40(46)43(39(33)45)30-18-20-42(21-19-30)25-28-10-5-4-6-11-28/h4-8,10-13,15-16,23,30,33-34,36,38,44,47H,3,9,14,17-22,24-25H2,1-2H3/b27-23+/t33-,34+,36-,38-/m1/s1. The van der Waals surface area contributed by atoms with Crippen LogP contribution in [0.4, 0.5) is 0 Å². The largest absolute Gasteiger partial charge is 0.507 e. The third-order valence-corrected chi connectivity index (χ3v) is 11.3. The average Bonchev–Trinajstić information content (AvgIpc) is 3.34. The van der Waals surface area contributed by atoms with Gasteiger partial charge in [0.15, 0.2) is 0 Å². The lowest BCUT2D eigenvalue weighted by Crippen LogP contribution is -2.48. The molecular formula is C40H47BN2O5. The highest BCUT2D eigenvalue weighted by Crippen LogP contribution is 2.51. The number of piperidine rings is 1. The van der Waals surface area contributed by atoms with Crippen molar-refractivity contribution in [3.63, 3.8) is 0 Å². The fourth-order valence-electron chi connectivity index (χ4n) is 9.04. The Bertz CT molecular complexity index is 1730.